The fourth-order valence-corrected chi connectivity index (χ4v) is 2.63. The molecule has 2 aromatic rings. The molecule has 1 aliphatic carbocycles. The lowest BCUT2D eigenvalue weighted by molar-refractivity contribution is 0.432. The standard InChI is InChI=1S/C15H21N3O/c1-9(11-3-4-11)8-16-10(2)12-5-6-13-14(7-12)18-15(19)17-13/h5-7,9-11,16H,3-4,8H2,1-2H3,(H2,17,18,19). The number of hydrogen-bond acceptors (Lipinski definition) is 2. The molecule has 0 radical (unpaired) electrons. The van der Waals surface area contributed by atoms with Gasteiger partial charge >= 0.3 is 5.69 Å². The lowest BCUT2D eigenvalue weighted by Gasteiger charge is -2.17. The number of aromatic amines is 2. The molecule has 1 aromatic carbocycles. The van der Waals surface area contributed by atoms with Crippen molar-refractivity contribution in [3.05, 3.63) is 34.2 Å². The maximum Gasteiger partial charge on any atom is 0.323 e. The molecule has 4 nitrogen and oxygen atoms in total. The lowest BCUT2D eigenvalue weighted by Crippen LogP contribution is -2.25. The van der Waals surface area contributed by atoms with Gasteiger partial charge in [-0.25, -0.2) is 4.79 Å². The first-order valence-electron chi connectivity index (χ1n) is 7.09. The monoisotopic (exact) mass is 259 g/mol. The van der Waals surface area contributed by atoms with Gasteiger partial charge in [0.2, 0.25) is 0 Å². The average molecular weight is 259 g/mol. The fourth-order valence-electron chi connectivity index (χ4n) is 2.63. The van der Waals surface area contributed by atoms with Gasteiger partial charge in [-0.3, -0.25) is 0 Å². The minimum atomic E-state index is -0.143. The van der Waals surface area contributed by atoms with Crippen molar-refractivity contribution in [3.63, 3.8) is 0 Å². The number of rotatable bonds is 5. The van der Waals surface area contributed by atoms with Crippen LogP contribution in [-0.4, -0.2) is 16.5 Å². The quantitative estimate of drug-likeness (QED) is 0.772. The SMILES string of the molecule is CC(NCC(C)C1CC1)c1ccc2[nH]c(=O)[nH]c2c1. The van der Waals surface area contributed by atoms with Crippen LogP contribution in [0.25, 0.3) is 11.0 Å². The highest BCUT2D eigenvalue weighted by Crippen LogP contribution is 2.36. The lowest BCUT2D eigenvalue weighted by atomic mass is 10.0. The fraction of sp³-hybridized carbons (Fsp3) is 0.533. The Morgan fingerprint density at radius 3 is 2.74 bits per heavy atom. The molecule has 1 aliphatic rings. The molecule has 1 aromatic heterocycles. The number of H-pyrrole nitrogens is 2. The Balaban J connectivity index is 1.69. The van der Waals surface area contributed by atoms with E-state index >= 15 is 0 Å². The minimum Gasteiger partial charge on any atom is -0.310 e. The van der Waals surface area contributed by atoms with Crippen LogP contribution in [0.3, 0.4) is 0 Å². The molecule has 2 atom stereocenters. The van der Waals surface area contributed by atoms with Crippen LogP contribution in [0.1, 0.15) is 38.3 Å². The second-order valence-electron chi connectivity index (χ2n) is 5.83. The number of fused-ring (bicyclic) bond motifs is 1. The van der Waals surface area contributed by atoms with Gasteiger partial charge < -0.3 is 15.3 Å². The van der Waals surface area contributed by atoms with Crippen molar-refractivity contribution in [2.24, 2.45) is 11.8 Å². The van der Waals surface area contributed by atoms with E-state index in [1.54, 1.807) is 0 Å². The van der Waals surface area contributed by atoms with Crippen LogP contribution in [0.2, 0.25) is 0 Å². The predicted molar refractivity (Wildman–Crippen MR) is 77.2 cm³/mol. The predicted octanol–water partition coefficient (Wildman–Crippen LogP) is 2.55. The molecule has 1 saturated carbocycles. The van der Waals surface area contributed by atoms with Gasteiger partial charge in [0.05, 0.1) is 11.0 Å². The normalized spacial score (nSPS) is 18.6. The molecular formula is C15H21N3O. The maximum absolute atomic E-state index is 11.2. The first-order chi connectivity index (χ1) is 9.13. The Bertz CT molecular complexity index is 624. The molecule has 0 amide bonds. The molecule has 0 saturated heterocycles. The van der Waals surface area contributed by atoms with E-state index in [0.717, 1.165) is 29.4 Å². The van der Waals surface area contributed by atoms with E-state index in [0.29, 0.717) is 6.04 Å². The van der Waals surface area contributed by atoms with E-state index in [2.05, 4.69) is 35.2 Å². The highest BCUT2D eigenvalue weighted by Gasteiger charge is 2.27. The van der Waals surface area contributed by atoms with E-state index in [4.69, 9.17) is 0 Å². The molecule has 0 spiro atoms. The Hall–Kier alpha value is -1.55. The zero-order chi connectivity index (χ0) is 13.4. The third kappa shape index (κ3) is 2.73. The average Bonchev–Trinajstić information content (AvgIpc) is 3.16. The van der Waals surface area contributed by atoms with Gasteiger partial charge in [-0.15, -0.1) is 0 Å². The zero-order valence-corrected chi connectivity index (χ0v) is 11.5. The highest BCUT2D eigenvalue weighted by molar-refractivity contribution is 5.75. The molecule has 0 aliphatic heterocycles. The topological polar surface area (TPSA) is 60.7 Å². The van der Waals surface area contributed by atoms with Crippen LogP contribution < -0.4 is 11.0 Å². The third-order valence-corrected chi connectivity index (χ3v) is 4.21. The number of nitrogens with one attached hydrogen (secondary N) is 3. The molecule has 102 valence electrons. The second kappa shape index (κ2) is 4.85. The van der Waals surface area contributed by atoms with E-state index < -0.39 is 0 Å². The molecule has 0 bridgehead atoms. The number of benzene rings is 1. The Kier molecular flexibility index (Phi) is 3.19. The van der Waals surface area contributed by atoms with E-state index in [1.807, 2.05) is 12.1 Å². The van der Waals surface area contributed by atoms with Crippen LogP contribution >= 0.6 is 0 Å². The molecule has 1 heterocycles. The highest BCUT2D eigenvalue weighted by atomic mass is 16.1. The van der Waals surface area contributed by atoms with Crippen LogP contribution in [0.4, 0.5) is 0 Å². The first kappa shape index (κ1) is 12.5. The summed E-state index contributed by atoms with van der Waals surface area (Å²) in [5.41, 5.74) is 2.82. The summed E-state index contributed by atoms with van der Waals surface area (Å²) in [5, 5.41) is 3.59. The molecule has 1 fully saturated rings. The number of imidazole rings is 1. The van der Waals surface area contributed by atoms with Crippen LogP contribution in [0, 0.1) is 11.8 Å². The Morgan fingerprint density at radius 2 is 2.00 bits per heavy atom. The minimum absolute atomic E-state index is 0.143. The van der Waals surface area contributed by atoms with Crippen LogP contribution in [-0.2, 0) is 0 Å². The summed E-state index contributed by atoms with van der Waals surface area (Å²) in [7, 11) is 0. The van der Waals surface area contributed by atoms with Crippen LogP contribution in [0.5, 0.6) is 0 Å². The van der Waals surface area contributed by atoms with Gasteiger partial charge in [-0.05, 0) is 55.8 Å². The molecule has 19 heavy (non-hydrogen) atoms. The Labute approximate surface area is 112 Å². The van der Waals surface area contributed by atoms with Crippen molar-refractivity contribution in [3.8, 4) is 0 Å². The maximum atomic E-state index is 11.2. The van der Waals surface area contributed by atoms with Gasteiger partial charge in [-0.2, -0.15) is 0 Å². The van der Waals surface area contributed by atoms with Gasteiger partial charge in [0.25, 0.3) is 0 Å². The van der Waals surface area contributed by atoms with Crippen molar-refractivity contribution >= 4 is 11.0 Å². The summed E-state index contributed by atoms with van der Waals surface area (Å²) in [4.78, 5) is 16.8. The van der Waals surface area contributed by atoms with Gasteiger partial charge in [0, 0.05) is 6.04 Å². The number of aromatic nitrogens is 2. The molecule has 2 unspecified atom stereocenters. The zero-order valence-electron chi connectivity index (χ0n) is 11.5. The van der Waals surface area contributed by atoms with Crippen molar-refractivity contribution in [2.75, 3.05) is 6.54 Å². The summed E-state index contributed by atoms with van der Waals surface area (Å²) in [5.74, 6) is 1.70. The summed E-state index contributed by atoms with van der Waals surface area (Å²) in [6, 6.07) is 6.40. The van der Waals surface area contributed by atoms with Crippen molar-refractivity contribution in [1.29, 1.82) is 0 Å². The van der Waals surface area contributed by atoms with E-state index in [-0.39, 0.29) is 5.69 Å². The van der Waals surface area contributed by atoms with Gasteiger partial charge in [-0.1, -0.05) is 13.0 Å². The van der Waals surface area contributed by atoms with Gasteiger partial charge in [0.15, 0.2) is 0 Å². The van der Waals surface area contributed by atoms with E-state index in [9.17, 15) is 4.79 Å². The van der Waals surface area contributed by atoms with Crippen molar-refractivity contribution < 1.29 is 0 Å². The van der Waals surface area contributed by atoms with Crippen LogP contribution in [0.15, 0.2) is 23.0 Å². The third-order valence-electron chi connectivity index (χ3n) is 4.21. The van der Waals surface area contributed by atoms with Crippen molar-refractivity contribution in [1.82, 2.24) is 15.3 Å². The summed E-state index contributed by atoms with van der Waals surface area (Å²) >= 11 is 0. The molecule has 3 N–H and O–H groups in total. The Morgan fingerprint density at radius 1 is 1.26 bits per heavy atom. The molecular weight excluding hydrogens is 238 g/mol. The van der Waals surface area contributed by atoms with Gasteiger partial charge in [0.1, 0.15) is 0 Å². The number of hydrogen-bond donors (Lipinski definition) is 3. The second-order valence-corrected chi connectivity index (χ2v) is 5.83. The first-order valence-corrected chi connectivity index (χ1v) is 7.09. The largest absolute Gasteiger partial charge is 0.323 e. The molecule has 3 rings (SSSR count). The summed E-state index contributed by atoms with van der Waals surface area (Å²) < 4.78 is 0. The summed E-state index contributed by atoms with van der Waals surface area (Å²) in [6.07, 6.45) is 2.79. The molecule has 4 heteroatoms. The van der Waals surface area contributed by atoms with E-state index in [1.165, 1.54) is 18.4 Å². The summed E-state index contributed by atoms with van der Waals surface area (Å²) in [6.45, 7) is 5.56. The smallest absolute Gasteiger partial charge is 0.310 e. The van der Waals surface area contributed by atoms with Crippen molar-refractivity contribution in [2.45, 2.75) is 32.7 Å².